The van der Waals surface area contributed by atoms with Crippen molar-refractivity contribution in [3.63, 3.8) is 0 Å². The predicted octanol–water partition coefficient (Wildman–Crippen LogP) is 5.53. The molecule has 1 atom stereocenters. The average Bonchev–Trinajstić information content (AvgIpc) is 3.05. The molecule has 0 aliphatic carbocycles. The second-order valence-corrected chi connectivity index (χ2v) is 7.08. The summed E-state index contributed by atoms with van der Waals surface area (Å²) in [6.07, 6.45) is 6.40. The van der Waals surface area contributed by atoms with Crippen LogP contribution in [0.5, 0.6) is 5.75 Å². The smallest absolute Gasteiger partial charge is 0.115 e. The van der Waals surface area contributed by atoms with Crippen molar-refractivity contribution in [2.75, 3.05) is 19.6 Å². The largest absolute Gasteiger partial charge is 0.508 e. The fourth-order valence-electron chi connectivity index (χ4n) is 4.02. The van der Waals surface area contributed by atoms with Crippen LogP contribution in [0.25, 0.3) is 10.8 Å². The van der Waals surface area contributed by atoms with Crippen LogP contribution in [0.3, 0.4) is 0 Å². The van der Waals surface area contributed by atoms with Crippen LogP contribution in [0, 0.1) is 0 Å². The highest BCUT2D eigenvalue weighted by molar-refractivity contribution is 8.93. The molecule has 1 saturated heterocycles. The zero-order valence-corrected chi connectivity index (χ0v) is 16.6. The number of furan rings is 1. The van der Waals surface area contributed by atoms with Gasteiger partial charge in [-0.15, -0.1) is 17.0 Å². The van der Waals surface area contributed by atoms with E-state index in [0.29, 0.717) is 11.7 Å². The van der Waals surface area contributed by atoms with Crippen LogP contribution in [-0.2, 0) is 6.42 Å². The van der Waals surface area contributed by atoms with Gasteiger partial charge in [0.05, 0.1) is 6.26 Å². The molecule has 0 bridgehead atoms. The van der Waals surface area contributed by atoms with Crippen molar-refractivity contribution in [1.82, 2.24) is 4.90 Å². The lowest BCUT2D eigenvalue weighted by Gasteiger charge is -2.33. The third-order valence-corrected chi connectivity index (χ3v) is 5.31. The van der Waals surface area contributed by atoms with Gasteiger partial charge in [0.2, 0.25) is 0 Å². The maximum atomic E-state index is 9.72. The Kier molecular flexibility index (Phi) is 6.38. The van der Waals surface area contributed by atoms with Gasteiger partial charge in [0.25, 0.3) is 0 Å². The Morgan fingerprint density at radius 2 is 2.00 bits per heavy atom. The van der Waals surface area contributed by atoms with Gasteiger partial charge >= 0.3 is 0 Å². The number of aryl methyl sites for hydroxylation is 1. The normalized spacial score (nSPS) is 17.9. The van der Waals surface area contributed by atoms with Gasteiger partial charge in [-0.25, -0.2) is 0 Å². The number of aromatic hydroxyl groups is 1. The first-order valence-electron chi connectivity index (χ1n) is 9.26. The van der Waals surface area contributed by atoms with E-state index in [2.05, 4.69) is 35.2 Å². The molecule has 2 aromatic carbocycles. The van der Waals surface area contributed by atoms with E-state index in [1.807, 2.05) is 18.4 Å². The lowest BCUT2D eigenvalue weighted by molar-refractivity contribution is 0.204. The van der Waals surface area contributed by atoms with Crippen LogP contribution in [0.2, 0.25) is 0 Å². The molecule has 1 aliphatic rings. The van der Waals surface area contributed by atoms with E-state index >= 15 is 0 Å². The van der Waals surface area contributed by atoms with Gasteiger partial charge in [0.1, 0.15) is 11.5 Å². The van der Waals surface area contributed by atoms with Crippen LogP contribution >= 0.6 is 17.0 Å². The highest BCUT2D eigenvalue weighted by Gasteiger charge is 2.21. The molecule has 3 nitrogen and oxygen atoms in total. The van der Waals surface area contributed by atoms with Crippen molar-refractivity contribution < 1.29 is 9.52 Å². The zero-order valence-electron chi connectivity index (χ0n) is 14.9. The molecule has 26 heavy (non-hydrogen) atoms. The lowest BCUT2D eigenvalue weighted by atomic mass is 9.90. The molecule has 1 aliphatic heterocycles. The molecule has 0 radical (unpaired) electrons. The fourth-order valence-corrected chi connectivity index (χ4v) is 4.02. The number of rotatable bonds is 5. The number of fused-ring (bicyclic) bond motifs is 1. The molecule has 0 saturated carbocycles. The number of nitrogens with zero attached hydrogens (tertiary/aromatic N) is 1. The van der Waals surface area contributed by atoms with Gasteiger partial charge in [-0.1, -0.05) is 36.4 Å². The van der Waals surface area contributed by atoms with Gasteiger partial charge < -0.3 is 14.4 Å². The minimum Gasteiger partial charge on any atom is -0.508 e. The van der Waals surface area contributed by atoms with Crippen molar-refractivity contribution in [1.29, 1.82) is 0 Å². The summed E-state index contributed by atoms with van der Waals surface area (Å²) in [5, 5.41) is 12.2. The Bertz CT molecular complexity index is 845. The SMILES string of the molecule is Br.Oc1cccc(C2CCCN(CCCc3occ4ccccc34)C2)c1. The van der Waals surface area contributed by atoms with E-state index in [0.717, 1.165) is 31.7 Å². The van der Waals surface area contributed by atoms with Crippen LogP contribution in [-0.4, -0.2) is 29.6 Å². The van der Waals surface area contributed by atoms with E-state index in [1.165, 1.54) is 35.7 Å². The summed E-state index contributed by atoms with van der Waals surface area (Å²) in [5.41, 5.74) is 1.27. The highest BCUT2D eigenvalue weighted by Crippen LogP contribution is 2.29. The first-order valence-corrected chi connectivity index (χ1v) is 9.26. The molecule has 138 valence electrons. The monoisotopic (exact) mass is 415 g/mol. The maximum Gasteiger partial charge on any atom is 0.115 e. The van der Waals surface area contributed by atoms with Crippen LogP contribution in [0.4, 0.5) is 0 Å². The van der Waals surface area contributed by atoms with Gasteiger partial charge in [-0.05, 0) is 56.0 Å². The van der Waals surface area contributed by atoms with Crippen LogP contribution in [0.15, 0.2) is 59.2 Å². The van der Waals surface area contributed by atoms with Crippen molar-refractivity contribution in [2.45, 2.75) is 31.6 Å². The van der Waals surface area contributed by atoms with E-state index in [1.54, 1.807) is 6.07 Å². The number of piperidine rings is 1. The van der Waals surface area contributed by atoms with Crippen molar-refractivity contribution in [3.05, 3.63) is 66.1 Å². The van der Waals surface area contributed by atoms with E-state index in [4.69, 9.17) is 4.42 Å². The van der Waals surface area contributed by atoms with Crippen molar-refractivity contribution in [3.8, 4) is 5.75 Å². The molecule has 0 spiro atoms. The number of benzene rings is 2. The molecular weight excluding hydrogens is 390 g/mol. The molecule has 0 amide bonds. The highest BCUT2D eigenvalue weighted by atomic mass is 79.9. The summed E-state index contributed by atoms with van der Waals surface area (Å²) in [5.74, 6) is 2.02. The lowest BCUT2D eigenvalue weighted by Crippen LogP contribution is -2.35. The Hall–Kier alpha value is -1.78. The average molecular weight is 416 g/mol. The van der Waals surface area contributed by atoms with Crippen molar-refractivity contribution in [2.24, 2.45) is 0 Å². The molecule has 4 rings (SSSR count). The zero-order chi connectivity index (χ0) is 17.1. The third kappa shape index (κ3) is 4.30. The number of phenols is 1. The summed E-state index contributed by atoms with van der Waals surface area (Å²) in [6, 6.07) is 16.1. The summed E-state index contributed by atoms with van der Waals surface area (Å²) < 4.78 is 5.76. The molecule has 1 aromatic heterocycles. The Morgan fingerprint density at radius 1 is 1.12 bits per heavy atom. The Morgan fingerprint density at radius 3 is 2.88 bits per heavy atom. The summed E-state index contributed by atoms with van der Waals surface area (Å²) >= 11 is 0. The Labute approximate surface area is 165 Å². The molecule has 1 N–H and O–H groups in total. The molecular formula is C22H26BrNO2. The van der Waals surface area contributed by atoms with E-state index < -0.39 is 0 Å². The van der Waals surface area contributed by atoms with E-state index in [9.17, 15) is 5.11 Å². The van der Waals surface area contributed by atoms with Crippen LogP contribution in [0.1, 0.15) is 36.5 Å². The second-order valence-electron chi connectivity index (χ2n) is 7.08. The van der Waals surface area contributed by atoms with Gasteiger partial charge in [0.15, 0.2) is 0 Å². The second kappa shape index (κ2) is 8.74. The third-order valence-electron chi connectivity index (χ3n) is 5.31. The number of likely N-dealkylation sites (tertiary alicyclic amines) is 1. The quantitative estimate of drug-likeness (QED) is 0.594. The van der Waals surface area contributed by atoms with Crippen LogP contribution < -0.4 is 0 Å². The Balaban J connectivity index is 0.00000196. The molecule has 1 unspecified atom stereocenters. The number of halogens is 1. The minimum absolute atomic E-state index is 0. The summed E-state index contributed by atoms with van der Waals surface area (Å²) in [6.45, 7) is 3.36. The first kappa shape index (κ1) is 19.0. The van der Waals surface area contributed by atoms with Gasteiger partial charge in [-0.3, -0.25) is 0 Å². The predicted molar refractivity (Wildman–Crippen MR) is 111 cm³/mol. The molecule has 4 heteroatoms. The molecule has 1 fully saturated rings. The van der Waals surface area contributed by atoms with Gasteiger partial charge in [-0.2, -0.15) is 0 Å². The first-order chi connectivity index (χ1) is 12.3. The molecule has 3 aromatic rings. The number of hydrogen-bond donors (Lipinski definition) is 1. The summed E-state index contributed by atoms with van der Waals surface area (Å²) in [7, 11) is 0. The fraction of sp³-hybridized carbons (Fsp3) is 0.364. The standard InChI is InChI=1S/C22H25NO2.BrH/c24-20-9-3-7-17(14-20)18-8-4-12-23(15-18)13-5-11-22-21-10-2-1-6-19(21)16-25-22;/h1-3,6-7,9-10,14,16,18,24H,4-5,8,11-13,15H2;1H. The van der Waals surface area contributed by atoms with Gasteiger partial charge in [0, 0.05) is 23.7 Å². The number of hydrogen-bond acceptors (Lipinski definition) is 3. The number of phenolic OH excluding ortho intramolecular Hbond substituents is 1. The molecule has 2 heterocycles. The summed E-state index contributed by atoms with van der Waals surface area (Å²) in [4.78, 5) is 2.56. The van der Waals surface area contributed by atoms with Crippen molar-refractivity contribution >= 4 is 27.8 Å². The topological polar surface area (TPSA) is 36.6 Å². The minimum atomic E-state index is 0. The van der Waals surface area contributed by atoms with E-state index in [-0.39, 0.29) is 17.0 Å². The maximum absolute atomic E-state index is 9.72.